The minimum Gasteiger partial charge on any atom is -0.495 e. The molecular weight excluding hydrogens is 337 g/mol. The molecule has 0 radical (unpaired) electrons. The summed E-state index contributed by atoms with van der Waals surface area (Å²) in [6.07, 6.45) is -4.66. The quantitative estimate of drug-likeness (QED) is 0.922. The normalized spacial score (nSPS) is 11.4. The first-order chi connectivity index (χ1) is 10.7. The number of alkyl halides is 3. The summed E-state index contributed by atoms with van der Waals surface area (Å²) < 4.78 is 43.6. The first-order valence-electron chi connectivity index (χ1n) is 6.32. The van der Waals surface area contributed by atoms with Crippen LogP contribution in [-0.2, 0) is 17.5 Å². The van der Waals surface area contributed by atoms with Crippen molar-refractivity contribution in [1.82, 2.24) is 14.8 Å². The third-order valence-corrected chi connectivity index (χ3v) is 3.07. The predicted octanol–water partition coefficient (Wildman–Crippen LogP) is 2.91. The van der Waals surface area contributed by atoms with Gasteiger partial charge in [-0.1, -0.05) is 11.6 Å². The van der Waals surface area contributed by atoms with E-state index in [-0.39, 0.29) is 5.82 Å². The fourth-order valence-electron chi connectivity index (χ4n) is 1.79. The lowest BCUT2D eigenvalue weighted by Crippen LogP contribution is -2.21. The molecule has 1 amide bonds. The zero-order chi connectivity index (χ0) is 17.2. The van der Waals surface area contributed by atoms with Crippen LogP contribution in [0.2, 0.25) is 5.02 Å². The summed E-state index contributed by atoms with van der Waals surface area (Å²) in [7, 11) is 1.41. The summed E-state index contributed by atoms with van der Waals surface area (Å²) in [6, 6.07) is 4.60. The molecule has 23 heavy (non-hydrogen) atoms. The smallest absolute Gasteiger partial charge is 0.453 e. The number of hydrogen-bond acceptors (Lipinski definition) is 4. The van der Waals surface area contributed by atoms with Gasteiger partial charge < -0.3 is 10.1 Å². The van der Waals surface area contributed by atoms with E-state index < -0.39 is 24.5 Å². The van der Waals surface area contributed by atoms with E-state index >= 15 is 0 Å². The van der Waals surface area contributed by atoms with Gasteiger partial charge in [-0.25, -0.2) is 9.67 Å². The van der Waals surface area contributed by atoms with Gasteiger partial charge in [-0.2, -0.15) is 13.2 Å². The Morgan fingerprint density at radius 2 is 2.13 bits per heavy atom. The highest BCUT2D eigenvalue weighted by Crippen LogP contribution is 2.28. The van der Waals surface area contributed by atoms with Crippen LogP contribution >= 0.6 is 11.6 Å². The van der Waals surface area contributed by atoms with Crippen molar-refractivity contribution >= 4 is 23.2 Å². The number of anilines is 1. The molecule has 1 heterocycles. The van der Waals surface area contributed by atoms with Crippen LogP contribution in [0.5, 0.6) is 5.75 Å². The number of ether oxygens (including phenoxy) is 1. The van der Waals surface area contributed by atoms with E-state index in [1.807, 2.05) is 0 Å². The fraction of sp³-hybridized carbons (Fsp3) is 0.308. The number of benzene rings is 1. The summed E-state index contributed by atoms with van der Waals surface area (Å²) in [6.45, 7) is 0.903. The van der Waals surface area contributed by atoms with Crippen molar-refractivity contribution < 1.29 is 22.7 Å². The Hall–Kier alpha value is -2.29. The van der Waals surface area contributed by atoms with E-state index in [9.17, 15) is 18.0 Å². The van der Waals surface area contributed by atoms with Gasteiger partial charge in [0.2, 0.25) is 5.91 Å². The van der Waals surface area contributed by atoms with Crippen LogP contribution in [0, 0.1) is 6.92 Å². The van der Waals surface area contributed by atoms with Gasteiger partial charge in [0.15, 0.2) is 0 Å². The molecule has 0 fully saturated rings. The van der Waals surface area contributed by atoms with Crippen LogP contribution in [0.15, 0.2) is 18.2 Å². The number of nitrogens with zero attached hydrogens (tertiary/aromatic N) is 3. The topological polar surface area (TPSA) is 69.0 Å². The van der Waals surface area contributed by atoms with Crippen LogP contribution in [0.3, 0.4) is 0 Å². The minimum absolute atomic E-state index is 0.0227. The maximum Gasteiger partial charge on any atom is 0.453 e. The molecule has 0 saturated heterocycles. The lowest BCUT2D eigenvalue weighted by molar-refractivity contribution is -0.145. The standard InChI is InChI=1S/C13H12ClF3N4O2/c1-7-18-12(13(15,16)17)20-21(7)6-11(22)19-9-5-8(14)3-4-10(9)23-2/h3-5H,6H2,1-2H3,(H,19,22). The lowest BCUT2D eigenvalue weighted by atomic mass is 10.3. The molecule has 0 atom stereocenters. The molecule has 2 aromatic rings. The number of halogens is 4. The number of methoxy groups -OCH3 is 1. The average Bonchev–Trinajstić information content (AvgIpc) is 2.80. The zero-order valence-electron chi connectivity index (χ0n) is 12.1. The molecule has 1 aromatic carbocycles. The molecule has 1 aromatic heterocycles. The van der Waals surface area contributed by atoms with Crippen molar-refractivity contribution in [2.45, 2.75) is 19.6 Å². The van der Waals surface area contributed by atoms with Gasteiger partial charge in [0, 0.05) is 5.02 Å². The van der Waals surface area contributed by atoms with Gasteiger partial charge in [-0.3, -0.25) is 4.79 Å². The van der Waals surface area contributed by atoms with Crippen LogP contribution in [-0.4, -0.2) is 27.8 Å². The Balaban J connectivity index is 2.14. The molecule has 0 bridgehead atoms. The summed E-state index contributed by atoms with van der Waals surface area (Å²) in [4.78, 5) is 15.3. The number of nitrogens with one attached hydrogen (secondary N) is 1. The Labute approximate surface area is 134 Å². The van der Waals surface area contributed by atoms with Crippen LogP contribution in [0.1, 0.15) is 11.6 Å². The van der Waals surface area contributed by atoms with Gasteiger partial charge in [0.05, 0.1) is 12.8 Å². The predicted molar refractivity (Wildman–Crippen MR) is 76.4 cm³/mol. The molecule has 0 unspecified atom stereocenters. The van der Waals surface area contributed by atoms with Gasteiger partial charge in [0.25, 0.3) is 5.82 Å². The highest BCUT2D eigenvalue weighted by molar-refractivity contribution is 6.31. The third kappa shape index (κ3) is 4.13. The third-order valence-electron chi connectivity index (χ3n) is 2.84. The van der Waals surface area contributed by atoms with Gasteiger partial charge >= 0.3 is 6.18 Å². The van der Waals surface area contributed by atoms with E-state index in [2.05, 4.69) is 15.4 Å². The van der Waals surface area contributed by atoms with Crippen LogP contribution in [0.25, 0.3) is 0 Å². The maximum absolute atomic E-state index is 12.5. The number of carbonyl (C=O) groups is 1. The van der Waals surface area contributed by atoms with E-state index in [1.54, 1.807) is 12.1 Å². The molecule has 0 aliphatic carbocycles. The molecule has 0 spiro atoms. The molecule has 10 heteroatoms. The Morgan fingerprint density at radius 1 is 1.43 bits per heavy atom. The second kappa shape index (κ2) is 6.45. The zero-order valence-corrected chi connectivity index (χ0v) is 12.9. The highest BCUT2D eigenvalue weighted by atomic mass is 35.5. The van der Waals surface area contributed by atoms with Crippen LogP contribution < -0.4 is 10.1 Å². The molecule has 0 aliphatic rings. The molecule has 0 aliphatic heterocycles. The Bertz CT molecular complexity index is 730. The minimum atomic E-state index is -4.66. The molecule has 1 N–H and O–H groups in total. The van der Waals surface area contributed by atoms with E-state index in [1.165, 1.54) is 20.1 Å². The highest BCUT2D eigenvalue weighted by Gasteiger charge is 2.36. The van der Waals surface area contributed by atoms with Crippen molar-refractivity contribution in [2.75, 3.05) is 12.4 Å². The second-order valence-electron chi connectivity index (χ2n) is 4.53. The van der Waals surface area contributed by atoms with Crippen molar-refractivity contribution in [3.63, 3.8) is 0 Å². The number of amides is 1. The van der Waals surface area contributed by atoms with Crippen molar-refractivity contribution in [3.8, 4) is 5.75 Å². The molecule has 124 valence electrons. The molecular formula is C13H12ClF3N4O2. The Morgan fingerprint density at radius 3 is 2.70 bits per heavy atom. The SMILES string of the molecule is COc1ccc(Cl)cc1NC(=O)Cn1nc(C(F)(F)F)nc1C. The maximum atomic E-state index is 12.5. The summed E-state index contributed by atoms with van der Waals surface area (Å²) in [5, 5.41) is 6.17. The fourth-order valence-corrected chi connectivity index (χ4v) is 1.97. The average molecular weight is 349 g/mol. The first-order valence-corrected chi connectivity index (χ1v) is 6.70. The number of aromatic nitrogens is 3. The monoisotopic (exact) mass is 348 g/mol. The van der Waals surface area contributed by atoms with E-state index in [0.717, 1.165) is 4.68 Å². The summed E-state index contributed by atoms with van der Waals surface area (Å²) in [5.74, 6) is -1.53. The number of carbonyl (C=O) groups excluding carboxylic acids is 1. The van der Waals surface area contributed by atoms with E-state index in [0.29, 0.717) is 16.5 Å². The Kier molecular flexibility index (Phi) is 4.79. The summed E-state index contributed by atoms with van der Waals surface area (Å²) in [5.41, 5.74) is 0.304. The van der Waals surface area contributed by atoms with Crippen molar-refractivity contribution in [3.05, 3.63) is 34.9 Å². The van der Waals surface area contributed by atoms with Gasteiger partial charge in [0.1, 0.15) is 18.1 Å². The number of rotatable bonds is 4. The van der Waals surface area contributed by atoms with E-state index in [4.69, 9.17) is 16.3 Å². The first kappa shape index (κ1) is 17.1. The van der Waals surface area contributed by atoms with Crippen molar-refractivity contribution in [2.24, 2.45) is 0 Å². The van der Waals surface area contributed by atoms with Gasteiger partial charge in [-0.15, -0.1) is 5.10 Å². The van der Waals surface area contributed by atoms with Crippen molar-refractivity contribution in [1.29, 1.82) is 0 Å². The second-order valence-corrected chi connectivity index (χ2v) is 4.97. The number of aryl methyl sites for hydroxylation is 1. The van der Waals surface area contributed by atoms with Crippen LogP contribution in [0.4, 0.5) is 18.9 Å². The molecule has 2 rings (SSSR count). The molecule has 6 nitrogen and oxygen atoms in total. The number of hydrogen-bond donors (Lipinski definition) is 1. The van der Waals surface area contributed by atoms with Gasteiger partial charge in [-0.05, 0) is 25.1 Å². The molecule has 0 saturated carbocycles. The summed E-state index contributed by atoms with van der Waals surface area (Å²) >= 11 is 5.84. The largest absolute Gasteiger partial charge is 0.495 e. The lowest BCUT2D eigenvalue weighted by Gasteiger charge is -2.10.